The zero-order valence-electron chi connectivity index (χ0n) is 6.22. The maximum atomic E-state index is 2.29. The van der Waals surface area contributed by atoms with Crippen LogP contribution in [0, 0.1) is 0 Å². The number of aryl methyl sites for hydroxylation is 2. The van der Waals surface area contributed by atoms with Crippen molar-refractivity contribution in [1.29, 1.82) is 0 Å². The minimum Gasteiger partial charge on any atom is -0.0878 e. The molecule has 0 heterocycles. The minimum atomic E-state index is 1.29. The molecular formula is C9H10B. The van der Waals surface area contributed by atoms with Gasteiger partial charge in [-0.3, -0.25) is 0 Å². The predicted molar refractivity (Wildman–Crippen MR) is 45.1 cm³/mol. The number of hydrogen-bond donors (Lipinski definition) is 0. The lowest BCUT2D eigenvalue weighted by Gasteiger charge is -2.18. The third kappa shape index (κ3) is 0.774. The lowest BCUT2D eigenvalue weighted by Crippen LogP contribution is -2.17. The van der Waals surface area contributed by atoms with Crippen LogP contribution in [0.4, 0.5) is 0 Å². The zero-order chi connectivity index (χ0) is 6.97. The second-order valence-electron chi connectivity index (χ2n) is 2.82. The average Bonchev–Trinajstić information content (AvgIpc) is 1.92. The average molecular weight is 129 g/mol. The molecule has 0 bridgehead atoms. The number of rotatable bonds is 1. The molecule has 0 amide bonds. The maximum absolute atomic E-state index is 2.29. The smallest absolute Gasteiger partial charge is 0.0878 e. The molecule has 1 aromatic rings. The highest BCUT2D eigenvalue weighted by atomic mass is 14.1. The first-order valence-electron chi connectivity index (χ1n) is 3.81. The van der Waals surface area contributed by atoms with Gasteiger partial charge in [-0.25, -0.2) is 0 Å². The Morgan fingerprint density at radius 3 is 2.50 bits per heavy atom. The first-order valence-corrected chi connectivity index (χ1v) is 3.81. The Labute approximate surface area is 62.5 Å². The monoisotopic (exact) mass is 129 g/mol. The van der Waals surface area contributed by atoms with Crippen LogP contribution in [0.3, 0.4) is 0 Å². The molecule has 1 aliphatic rings. The molecule has 0 saturated heterocycles. The van der Waals surface area contributed by atoms with E-state index < -0.39 is 0 Å². The number of fused-ring (bicyclic) bond motifs is 1. The van der Waals surface area contributed by atoms with Crippen LogP contribution in [0.15, 0.2) is 18.2 Å². The Hall–Kier alpha value is -0.715. The van der Waals surface area contributed by atoms with Gasteiger partial charge in [-0.2, -0.15) is 0 Å². The van der Waals surface area contributed by atoms with Crippen molar-refractivity contribution in [1.82, 2.24) is 0 Å². The van der Waals surface area contributed by atoms with Crippen molar-refractivity contribution >= 4 is 12.7 Å². The summed E-state index contributed by atoms with van der Waals surface area (Å²) in [5, 5.41) is 0. The molecule has 0 fully saturated rings. The Bertz CT molecular complexity index is 253. The molecule has 1 aliphatic carbocycles. The highest BCUT2D eigenvalue weighted by Crippen LogP contribution is 2.20. The molecule has 0 spiro atoms. The summed E-state index contributed by atoms with van der Waals surface area (Å²) in [6, 6.07) is 6.73. The quantitative estimate of drug-likeness (QED) is 0.499. The van der Waals surface area contributed by atoms with Crippen molar-refractivity contribution in [2.24, 2.45) is 0 Å². The first-order chi connectivity index (χ1) is 4.90. The fourth-order valence-electron chi connectivity index (χ4n) is 1.39. The van der Waals surface area contributed by atoms with E-state index in [1.165, 1.54) is 18.3 Å². The van der Waals surface area contributed by atoms with Gasteiger partial charge in [0.05, 0.1) is 0 Å². The van der Waals surface area contributed by atoms with Crippen molar-refractivity contribution < 1.29 is 0 Å². The summed E-state index contributed by atoms with van der Waals surface area (Å²) in [6.07, 6.45) is 2.58. The van der Waals surface area contributed by atoms with Crippen LogP contribution < -0.4 is 5.46 Å². The molecule has 0 atom stereocenters. The second kappa shape index (κ2) is 2.15. The molecule has 0 aliphatic heterocycles. The highest BCUT2D eigenvalue weighted by molar-refractivity contribution is 6.51. The predicted octanol–water partition coefficient (Wildman–Crippen LogP) is 1.16. The standard InChI is InChI=1S/C9H10B/c1-10-9-5-4-7-2-3-8(7)6-9/h4-6H,2-3H2,1H3. The van der Waals surface area contributed by atoms with Gasteiger partial charge in [0.1, 0.15) is 7.28 Å². The van der Waals surface area contributed by atoms with Crippen LogP contribution in [-0.2, 0) is 12.8 Å². The fourth-order valence-corrected chi connectivity index (χ4v) is 1.39. The van der Waals surface area contributed by atoms with Crippen LogP contribution in [0.1, 0.15) is 11.1 Å². The normalized spacial score (nSPS) is 13.7. The van der Waals surface area contributed by atoms with Crippen LogP contribution in [0.2, 0.25) is 6.82 Å². The molecule has 1 heteroatoms. The van der Waals surface area contributed by atoms with Crippen LogP contribution in [0.5, 0.6) is 0 Å². The lowest BCUT2D eigenvalue weighted by molar-refractivity contribution is 0.841. The molecule has 1 aromatic carbocycles. The van der Waals surface area contributed by atoms with Gasteiger partial charge in [0.15, 0.2) is 0 Å². The summed E-state index contributed by atoms with van der Waals surface area (Å²) in [5.74, 6) is 0. The molecule has 1 radical (unpaired) electrons. The van der Waals surface area contributed by atoms with E-state index in [9.17, 15) is 0 Å². The Morgan fingerprint density at radius 1 is 1.20 bits per heavy atom. The largest absolute Gasteiger partial charge is 0.148 e. The SMILES string of the molecule is C[B]c1ccc2c(c1)CC2. The van der Waals surface area contributed by atoms with Crippen LogP contribution in [0.25, 0.3) is 0 Å². The van der Waals surface area contributed by atoms with Crippen LogP contribution in [-0.4, -0.2) is 7.28 Å². The lowest BCUT2D eigenvalue weighted by atomic mass is 9.71. The summed E-state index contributed by atoms with van der Waals surface area (Å²) in [6.45, 7) is 2.08. The second-order valence-corrected chi connectivity index (χ2v) is 2.82. The van der Waals surface area contributed by atoms with E-state index in [1.54, 1.807) is 11.1 Å². The van der Waals surface area contributed by atoms with E-state index in [4.69, 9.17) is 0 Å². The van der Waals surface area contributed by atoms with E-state index in [0.717, 1.165) is 0 Å². The fraction of sp³-hybridized carbons (Fsp3) is 0.333. The topological polar surface area (TPSA) is 0 Å². The molecule has 2 rings (SSSR count). The maximum Gasteiger partial charge on any atom is 0.148 e. The van der Waals surface area contributed by atoms with Crippen molar-refractivity contribution in [3.63, 3.8) is 0 Å². The van der Waals surface area contributed by atoms with E-state index in [2.05, 4.69) is 32.3 Å². The zero-order valence-corrected chi connectivity index (χ0v) is 6.22. The van der Waals surface area contributed by atoms with Gasteiger partial charge in [-0.05, 0) is 24.0 Å². The van der Waals surface area contributed by atoms with Gasteiger partial charge in [-0.15, -0.1) is 0 Å². The van der Waals surface area contributed by atoms with Gasteiger partial charge in [0, 0.05) is 0 Å². The Kier molecular flexibility index (Phi) is 1.30. The van der Waals surface area contributed by atoms with E-state index in [1.807, 2.05) is 0 Å². The van der Waals surface area contributed by atoms with Gasteiger partial charge in [-0.1, -0.05) is 30.5 Å². The van der Waals surface area contributed by atoms with Gasteiger partial charge in [0.25, 0.3) is 0 Å². The van der Waals surface area contributed by atoms with Crippen molar-refractivity contribution in [2.45, 2.75) is 19.7 Å². The Morgan fingerprint density at radius 2 is 2.00 bits per heavy atom. The molecule has 0 nitrogen and oxygen atoms in total. The molecule has 10 heavy (non-hydrogen) atoms. The van der Waals surface area contributed by atoms with Gasteiger partial charge >= 0.3 is 0 Å². The summed E-state index contributed by atoms with van der Waals surface area (Å²) < 4.78 is 0. The van der Waals surface area contributed by atoms with Crippen molar-refractivity contribution in [3.05, 3.63) is 29.3 Å². The van der Waals surface area contributed by atoms with Crippen molar-refractivity contribution in [3.8, 4) is 0 Å². The third-order valence-electron chi connectivity index (χ3n) is 2.23. The number of hydrogen-bond acceptors (Lipinski definition) is 0. The van der Waals surface area contributed by atoms with E-state index in [0.29, 0.717) is 0 Å². The molecule has 0 saturated carbocycles. The van der Waals surface area contributed by atoms with E-state index in [-0.39, 0.29) is 0 Å². The van der Waals surface area contributed by atoms with Gasteiger partial charge < -0.3 is 0 Å². The molecule has 0 unspecified atom stereocenters. The molecular weight excluding hydrogens is 119 g/mol. The van der Waals surface area contributed by atoms with Gasteiger partial charge in [0.2, 0.25) is 0 Å². The van der Waals surface area contributed by atoms with Crippen molar-refractivity contribution in [2.75, 3.05) is 0 Å². The molecule has 49 valence electrons. The molecule has 0 N–H and O–H groups in total. The summed E-state index contributed by atoms with van der Waals surface area (Å²) in [4.78, 5) is 0. The summed E-state index contributed by atoms with van der Waals surface area (Å²) >= 11 is 0. The summed E-state index contributed by atoms with van der Waals surface area (Å²) in [5.41, 5.74) is 4.46. The number of benzene rings is 1. The minimum absolute atomic E-state index is 1.29. The third-order valence-corrected chi connectivity index (χ3v) is 2.23. The first kappa shape index (κ1) is 6.02. The van der Waals surface area contributed by atoms with E-state index >= 15 is 0 Å². The van der Waals surface area contributed by atoms with Crippen LogP contribution >= 0.6 is 0 Å². The summed E-state index contributed by atoms with van der Waals surface area (Å²) in [7, 11) is 2.15. The molecule has 0 aromatic heterocycles. The Balaban J connectivity index is 2.42. The highest BCUT2D eigenvalue weighted by Gasteiger charge is 2.11.